The number of benzene rings is 1. The highest BCUT2D eigenvalue weighted by molar-refractivity contribution is 8.00. The van der Waals surface area contributed by atoms with Gasteiger partial charge in [-0.2, -0.15) is 0 Å². The van der Waals surface area contributed by atoms with Gasteiger partial charge in [-0.3, -0.25) is 0 Å². The lowest BCUT2D eigenvalue weighted by Crippen LogP contribution is -1.65. The fourth-order valence-corrected chi connectivity index (χ4v) is 2.57. The zero-order valence-electron chi connectivity index (χ0n) is 7.10. The highest BCUT2D eigenvalue weighted by Gasteiger charge is 2.01. The fourth-order valence-electron chi connectivity index (χ4n) is 0.988. The summed E-state index contributed by atoms with van der Waals surface area (Å²) < 4.78 is 6.30. The third-order valence-corrected chi connectivity index (χ3v) is 3.38. The zero-order chi connectivity index (χ0) is 9.10. The third kappa shape index (κ3) is 1.89. The molecule has 1 aromatic heterocycles. The molecule has 0 atom stereocenters. The second kappa shape index (κ2) is 3.89. The van der Waals surface area contributed by atoms with Crippen molar-refractivity contribution in [1.29, 1.82) is 0 Å². The van der Waals surface area contributed by atoms with Gasteiger partial charge in [-0.1, -0.05) is 12.1 Å². The number of thiazole rings is 1. The first-order valence-electron chi connectivity index (χ1n) is 3.91. The Morgan fingerprint density at radius 1 is 1.46 bits per heavy atom. The van der Waals surface area contributed by atoms with E-state index in [0.717, 1.165) is 9.86 Å². The van der Waals surface area contributed by atoms with Crippen LogP contribution in [0.2, 0.25) is 0 Å². The third-order valence-electron chi connectivity index (χ3n) is 1.51. The summed E-state index contributed by atoms with van der Waals surface area (Å²) in [6, 6.07) is 8.12. The first kappa shape index (κ1) is 8.72. The van der Waals surface area contributed by atoms with Gasteiger partial charge in [0.05, 0.1) is 10.2 Å². The number of aromatic nitrogens is 1. The van der Waals surface area contributed by atoms with E-state index in [1.54, 1.807) is 17.6 Å². The Hall–Kier alpha value is -0.870. The molecular weight excluding hydrogens is 200 g/mol. The van der Waals surface area contributed by atoms with Crippen molar-refractivity contribution in [3.63, 3.8) is 0 Å². The van der Waals surface area contributed by atoms with E-state index < -0.39 is 0 Å². The lowest BCUT2D eigenvalue weighted by molar-refractivity contribution is 1.30. The van der Waals surface area contributed by atoms with E-state index in [9.17, 15) is 0 Å². The molecule has 0 bridgehead atoms. The van der Waals surface area contributed by atoms with Crippen LogP contribution in [-0.4, -0.2) is 11.2 Å². The molecule has 0 N–H and O–H groups in total. The van der Waals surface area contributed by atoms with E-state index >= 15 is 0 Å². The van der Waals surface area contributed by atoms with Crippen molar-refractivity contribution >= 4 is 39.7 Å². The molecule has 0 fully saturated rings. The monoisotopic (exact) mass is 208 g/mol. The largest absolute Gasteiger partial charge is 0.228 e. The summed E-state index contributed by atoms with van der Waals surface area (Å²) in [5.74, 6) is 0. The molecule has 2 aromatic rings. The van der Waals surface area contributed by atoms with Gasteiger partial charge in [0.2, 0.25) is 0 Å². The molecule has 4 heteroatoms. The van der Waals surface area contributed by atoms with E-state index in [-0.39, 0.29) is 0 Å². The summed E-state index contributed by atoms with van der Waals surface area (Å²) in [5, 5.41) is 0. The van der Waals surface area contributed by atoms with Gasteiger partial charge in [-0.05, 0) is 19.1 Å². The predicted molar refractivity (Wildman–Crippen MR) is 59.6 cm³/mol. The molecule has 13 heavy (non-hydrogen) atoms. The van der Waals surface area contributed by atoms with Crippen molar-refractivity contribution in [2.45, 2.75) is 11.3 Å². The molecule has 0 saturated heterocycles. The molecule has 1 aromatic carbocycles. The smallest absolute Gasteiger partial charge is 0.173 e. The first-order chi connectivity index (χ1) is 6.40. The number of fused-ring (bicyclic) bond motifs is 1. The minimum Gasteiger partial charge on any atom is -0.228 e. The van der Waals surface area contributed by atoms with Crippen molar-refractivity contribution in [2.24, 2.45) is 4.40 Å². The van der Waals surface area contributed by atoms with E-state index in [1.165, 1.54) is 16.6 Å². The summed E-state index contributed by atoms with van der Waals surface area (Å²) >= 11 is 3.10. The van der Waals surface area contributed by atoms with Crippen molar-refractivity contribution in [3.05, 3.63) is 24.3 Å². The van der Waals surface area contributed by atoms with Gasteiger partial charge in [0.1, 0.15) is 0 Å². The standard InChI is InChI=1S/C9H8N2S2/c1-2-10-13-9-11-7-5-3-4-6-8(7)12-9/h2-6H,1H3/b10-2+. The summed E-state index contributed by atoms with van der Waals surface area (Å²) in [6.45, 7) is 1.90. The molecule has 0 aliphatic rings. The van der Waals surface area contributed by atoms with Crippen LogP contribution in [0.5, 0.6) is 0 Å². The highest BCUT2D eigenvalue weighted by Crippen LogP contribution is 2.29. The molecule has 66 valence electrons. The molecular formula is C9H8N2S2. The Bertz CT molecular complexity index is 401. The summed E-state index contributed by atoms with van der Waals surface area (Å²) in [7, 11) is 0. The van der Waals surface area contributed by atoms with Crippen LogP contribution in [0.1, 0.15) is 6.92 Å². The molecule has 1 heterocycles. The molecule has 0 saturated carbocycles. The summed E-state index contributed by atoms with van der Waals surface area (Å²) in [4.78, 5) is 4.42. The molecule has 2 nitrogen and oxygen atoms in total. The van der Waals surface area contributed by atoms with Crippen molar-refractivity contribution in [3.8, 4) is 0 Å². The molecule has 0 amide bonds. The van der Waals surface area contributed by atoms with E-state index in [2.05, 4.69) is 15.4 Å². The molecule has 0 aliphatic carbocycles. The molecule has 0 radical (unpaired) electrons. The Morgan fingerprint density at radius 2 is 2.31 bits per heavy atom. The Kier molecular flexibility index (Phi) is 2.61. The van der Waals surface area contributed by atoms with Crippen LogP contribution in [0.3, 0.4) is 0 Å². The number of para-hydroxylation sites is 1. The average molecular weight is 208 g/mol. The van der Waals surface area contributed by atoms with Gasteiger partial charge in [-0.25, -0.2) is 9.38 Å². The number of rotatable bonds is 2. The van der Waals surface area contributed by atoms with E-state index in [4.69, 9.17) is 0 Å². The molecule has 0 unspecified atom stereocenters. The van der Waals surface area contributed by atoms with Gasteiger partial charge < -0.3 is 0 Å². The van der Waals surface area contributed by atoms with E-state index in [0.29, 0.717) is 0 Å². The van der Waals surface area contributed by atoms with Gasteiger partial charge in [-0.15, -0.1) is 11.3 Å². The molecule has 0 aliphatic heterocycles. The van der Waals surface area contributed by atoms with E-state index in [1.807, 2.05) is 25.1 Å². The second-order valence-corrected chi connectivity index (χ2v) is 4.47. The first-order valence-corrected chi connectivity index (χ1v) is 5.49. The van der Waals surface area contributed by atoms with Crippen LogP contribution in [-0.2, 0) is 0 Å². The van der Waals surface area contributed by atoms with Crippen molar-refractivity contribution in [1.82, 2.24) is 4.98 Å². The lowest BCUT2D eigenvalue weighted by Gasteiger charge is -1.81. The van der Waals surface area contributed by atoms with Gasteiger partial charge in [0.25, 0.3) is 0 Å². The highest BCUT2D eigenvalue weighted by atomic mass is 32.2. The van der Waals surface area contributed by atoms with Crippen LogP contribution >= 0.6 is 23.3 Å². The van der Waals surface area contributed by atoms with Crippen LogP contribution in [0.25, 0.3) is 10.2 Å². The minimum atomic E-state index is 0.999. The zero-order valence-corrected chi connectivity index (χ0v) is 8.73. The predicted octanol–water partition coefficient (Wildman–Crippen LogP) is 3.39. The Labute approximate surface area is 84.9 Å². The normalized spacial score (nSPS) is 11.5. The van der Waals surface area contributed by atoms with Crippen molar-refractivity contribution < 1.29 is 0 Å². The maximum absolute atomic E-state index is 4.42. The average Bonchev–Trinajstić information content (AvgIpc) is 2.57. The number of hydrogen-bond acceptors (Lipinski definition) is 4. The summed E-state index contributed by atoms with van der Waals surface area (Å²) in [5.41, 5.74) is 1.06. The van der Waals surface area contributed by atoms with Crippen LogP contribution in [0.15, 0.2) is 33.0 Å². The number of hydrogen-bond donors (Lipinski definition) is 0. The number of nitrogens with zero attached hydrogens (tertiary/aromatic N) is 2. The lowest BCUT2D eigenvalue weighted by atomic mass is 10.3. The minimum absolute atomic E-state index is 0.999. The summed E-state index contributed by atoms with van der Waals surface area (Å²) in [6.07, 6.45) is 1.77. The maximum atomic E-state index is 4.42. The molecule has 2 rings (SSSR count). The van der Waals surface area contributed by atoms with Crippen LogP contribution in [0.4, 0.5) is 0 Å². The topological polar surface area (TPSA) is 25.2 Å². The van der Waals surface area contributed by atoms with Gasteiger partial charge in [0.15, 0.2) is 4.34 Å². The fraction of sp³-hybridized carbons (Fsp3) is 0.111. The quantitative estimate of drug-likeness (QED) is 0.558. The SMILES string of the molecule is C/C=N/Sc1nc2ccccc2s1. The second-order valence-electron chi connectivity index (χ2n) is 2.40. The van der Waals surface area contributed by atoms with Gasteiger partial charge >= 0.3 is 0 Å². The Morgan fingerprint density at radius 3 is 3.08 bits per heavy atom. The Balaban J connectivity index is 2.38. The van der Waals surface area contributed by atoms with Crippen molar-refractivity contribution in [2.75, 3.05) is 0 Å². The van der Waals surface area contributed by atoms with Crippen LogP contribution in [0, 0.1) is 0 Å². The maximum Gasteiger partial charge on any atom is 0.173 e. The molecule has 0 spiro atoms. The van der Waals surface area contributed by atoms with Crippen LogP contribution < -0.4 is 0 Å². The van der Waals surface area contributed by atoms with Gasteiger partial charge in [0, 0.05) is 18.2 Å².